The summed E-state index contributed by atoms with van der Waals surface area (Å²) in [6.45, 7) is 4.55. The Bertz CT molecular complexity index is 228. The van der Waals surface area contributed by atoms with Gasteiger partial charge in [0.2, 0.25) is 0 Å². The Balaban J connectivity index is 2.17. The second-order valence-electron chi connectivity index (χ2n) is 3.58. The van der Waals surface area contributed by atoms with E-state index in [2.05, 4.69) is 18.3 Å². The number of nitrogens with one attached hydrogen (secondary N) is 1. The summed E-state index contributed by atoms with van der Waals surface area (Å²) >= 11 is 0. The third-order valence-electron chi connectivity index (χ3n) is 2.51. The van der Waals surface area contributed by atoms with Gasteiger partial charge in [0.1, 0.15) is 0 Å². The first-order chi connectivity index (χ1) is 5.36. The van der Waals surface area contributed by atoms with Crippen LogP contribution in [-0.2, 0) is 0 Å². The molecule has 1 nitrogen and oxygen atoms in total. The highest BCUT2D eigenvalue weighted by atomic mass is 14.8. The third kappa shape index (κ3) is 1.41. The standard InChI is InChI=1S/C9H14BN/c1-7-5-8-3-2-4-11-6-9(8)10-7/h5,10-11H,2-4,6H2,1H3. The first-order valence-electron chi connectivity index (χ1n) is 4.45. The van der Waals surface area contributed by atoms with E-state index in [1.807, 2.05) is 0 Å². The molecule has 0 atom stereocenters. The third-order valence-corrected chi connectivity index (χ3v) is 2.51. The molecule has 0 aromatic rings. The molecule has 0 aliphatic carbocycles. The van der Waals surface area contributed by atoms with Gasteiger partial charge in [-0.2, -0.15) is 0 Å². The molecule has 0 aromatic heterocycles. The van der Waals surface area contributed by atoms with Gasteiger partial charge in [0.15, 0.2) is 7.28 Å². The molecule has 1 N–H and O–H groups in total. The molecule has 2 aliphatic heterocycles. The molecular weight excluding hydrogens is 133 g/mol. The maximum absolute atomic E-state index is 3.45. The summed E-state index contributed by atoms with van der Waals surface area (Å²) in [6, 6.07) is 0. The number of hydrogen-bond donors (Lipinski definition) is 1. The van der Waals surface area contributed by atoms with E-state index in [1.54, 1.807) is 16.5 Å². The fraction of sp³-hybridized carbons (Fsp3) is 0.556. The molecule has 0 fully saturated rings. The van der Waals surface area contributed by atoms with Crippen molar-refractivity contribution < 1.29 is 0 Å². The molecule has 0 saturated carbocycles. The molecule has 0 bridgehead atoms. The molecule has 0 saturated heterocycles. The van der Waals surface area contributed by atoms with Crippen molar-refractivity contribution in [2.45, 2.75) is 19.8 Å². The second kappa shape index (κ2) is 2.86. The van der Waals surface area contributed by atoms with Gasteiger partial charge in [-0.15, -0.1) is 5.47 Å². The van der Waals surface area contributed by atoms with E-state index in [0.29, 0.717) is 0 Å². The summed E-state index contributed by atoms with van der Waals surface area (Å²) in [5, 5.41) is 3.45. The molecule has 2 rings (SSSR count). The van der Waals surface area contributed by atoms with E-state index in [9.17, 15) is 0 Å². The van der Waals surface area contributed by atoms with E-state index in [4.69, 9.17) is 0 Å². The van der Waals surface area contributed by atoms with Crippen LogP contribution in [0.2, 0.25) is 0 Å². The van der Waals surface area contributed by atoms with E-state index >= 15 is 0 Å². The van der Waals surface area contributed by atoms with Crippen LogP contribution in [0, 0.1) is 0 Å². The van der Waals surface area contributed by atoms with Crippen LogP contribution in [0.15, 0.2) is 22.6 Å². The van der Waals surface area contributed by atoms with Crippen LogP contribution in [-0.4, -0.2) is 20.4 Å². The van der Waals surface area contributed by atoms with Gasteiger partial charge in [-0.05, 0) is 19.4 Å². The van der Waals surface area contributed by atoms with Gasteiger partial charge >= 0.3 is 0 Å². The SMILES string of the molecule is CC1=CC2=C(B1)CNCCC2. The van der Waals surface area contributed by atoms with Gasteiger partial charge in [0, 0.05) is 6.54 Å². The molecule has 2 heteroatoms. The molecule has 0 spiro atoms. The largest absolute Gasteiger partial charge is 0.314 e. The van der Waals surface area contributed by atoms with Crippen LogP contribution >= 0.6 is 0 Å². The summed E-state index contributed by atoms with van der Waals surface area (Å²) in [4.78, 5) is 0. The van der Waals surface area contributed by atoms with Gasteiger partial charge in [-0.1, -0.05) is 24.0 Å². The molecule has 2 heterocycles. The van der Waals surface area contributed by atoms with Crippen molar-refractivity contribution in [3.63, 3.8) is 0 Å². The lowest BCUT2D eigenvalue weighted by Gasteiger charge is -2.00. The number of rotatable bonds is 0. The van der Waals surface area contributed by atoms with Gasteiger partial charge in [-0.25, -0.2) is 0 Å². The van der Waals surface area contributed by atoms with Gasteiger partial charge in [0.05, 0.1) is 0 Å². The normalized spacial score (nSPS) is 23.9. The fourth-order valence-electron chi connectivity index (χ4n) is 1.97. The second-order valence-corrected chi connectivity index (χ2v) is 3.58. The van der Waals surface area contributed by atoms with Crippen LogP contribution in [0.1, 0.15) is 19.8 Å². The minimum atomic E-state index is 1.13. The predicted octanol–water partition coefficient (Wildman–Crippen LogP) is 0.978. The topological polar surface area (TPSA) is 12.0 Å². The zero-order valence-corrected chi connectivity index (χ0v) is 7.11. The predicted molar refractivity (Wildman–Crippen MR) is 50.0 cm³/mol. The zero-order valence-electron chi connectivity index (χ0n) is 7.11. The van der Waals surface area contributed by atoms with Gasteiger partial charge < -0.3 is 5.32 Å². The van der Waals surface area contributed by atoms with Crippen LogP contribution in [0.5, 0.6) is 0 Å². The summed E-state index contributed by atoms with van der Waals surface area (Å²) in [7, 11) is 1.22. The van der Waals surface area contributed by atoms with Crippen LogP contribution < -0.4 is 5.32 Å². The zero-order chi connectivity index (χ0) is 7.68. The number of hydrogen-bond acceptors (Lipinski definition) is 1. The average molecular weight is 147 g/mol. The Morgan fingerprint density at radius 3 is 3.36 bits per heavy atom. The van der Waals surface area contributed by atoms with Gasteiger partial charge in [0.25, 0.3) is 0 Å². The molecule has 58 valence electrons. The fourth-order valence-corrected chi connectivity index (χ4v) is 1.97. The lowest BCUT2D eigenvalue weighted by atomic mass is 9.66. The van der Waals surface area contributed by atoms with Crippen LogP contribution in [0.3, 0.4) is 0 Å². The van der Waals surface area contributed by atoms with Crippen molar-refractivity contribution in [2.75, 3.05) is 13.1 Å². The van der Waals surface area contributed by atoms with Crippen molar-refractivity contribution in [2.24, 2.45) is 0 Å². The minimum Gasteiger partial charge on any atom is -0.314 e. The summed E-state index contributed by atoms with van der Waals surface area (Å²) in [5.74, 6) is 0. The molecule has 11 heavy (non-hydrogen) atoms. The van der Waals surface area contributed by atoms with Crippen LogP contribution in [0.4, 0.5) is 0 Å². The molecule has 0 radical (unpaired) electrons. The highest BCUT2D eigenvalue weighted by molar-refractivity contribution is 6.55. The van der Waals surface area contributed by atoms with Crippen molar-refractivity contribution >= 4 is 7.28 Å². The average Bonchev–Trinajstić information content (AvgIpc) is 2.17. The Morgan fingerprint density at radius 2 is 2.45 bits per heavy atom. The lowest BCUT2D eigenvalue weighted by molar-refractivity contribution is 0.715. The Morgan fingerprint density at radius 1 is 1.55 bits per heavy atom. The highest BCUT2D eigenvalue weighted by Gasteiger charge is 2.15. The van der Waals surface area contributed by atoms with E-state index in [1.165, 1.54) is 26.7 Å². The minimum absolute atomic E-state index is 1.13. The van der Waals surface area contributed by atoms with Crippen molar-refractivity contribution in [1.82, 2.24) is 5.32 Å². The van der Waals surface area contributed by atoms with Crippen molar-refractivity contribution in [1.29, 1.82) is 0 Å². The Kier molecular flexibility index (Phi) is 1.86. The van der Waals surface area contributed by atoms with Crippen molar-refractivity contribution in [3.05, 3.63) is 22.6 Å². The summed E-state index contributed by atoms with van der Waals surface area (Å²) in [5.41, 5.74) is 4.80. The first kappa shape index (κ1) is 7.17. The quantitative estimate of drug-likeness (QED) is 0.503. The molecular formula is C9H14BN. The lowest BCUT2D eigenvalue weighted by Crippen LogP contribution is -2.18. The van der Waals surface area contributed by atoms with Crippen LogP contribution in [0.25, 0.3) is 0 Å². The highest BCUT2D eigenvalue weighted by Crippen LogP contribution is 2.22. The molecule has 0 amide bonds. The Labute approximate surface area is 68.8 Å². The maximum Gasteiger partial charge on any atom is 0.183 e. The van der Waals surface area contributed by atoms with E-state index in [0.717, 1.165) is 6.54 Å². The summed E-state index contributed by atoms with van der Waals surface area (Å²) in [6.07, 6.45) is 4.98. The molecule has 0 unspecified atom stereocenters. The smallest absolute Gasteiger partial charge is 0.183 e. The van der Waals surface area contributed by atoms with E-state index in [-0.39, 0.29) is 0 Å². The molecule has 0 aromatic carbocycles. The monoisotopic (exact) mass is 147 g/mol. The Hall–Kier alpha value is -0.495. The first-order valence-corrected chi connectivity index (χ1v) is 4.45. The molecule has 2 aliphatic rings. The number of allylic oxidation sites excluding steroid dienone is 3. The van der Waals surface area contributed by atoms with E-state index < -0.39 is 0 Å². The maximum atomic E-state index is 3.45. The summed E-state index contributed by atoms with van der Waals surface area (Å²) < 4.78 is 0. The van der Waals surface area contributed by atoms with Gasteiger partial charge in [-0.3, -0.25) is 0 Å². The van der Waals surface area contributed by atoms with Crippen molar-refractivity contribution in [3.8, 4) is 0 Å².